The van der Waals surface area contributed by atoms with Crippen LogP contribution in [0.1, 0.15) is 36.0 Å². The fraction of sp³-hybridized carbons (Fsp3) is 0.222. The Bertz CT molecular complexity index is 2160. The molecule has 6 aromatic rings. The fourth-order valence-electron chi connectivity index (χ4n) is 8.03. The standard InChI is InChI=1S/C45H45N3O4S/c49-45(50)47-32-31-42(48(39-26-11-4-12-27-39)53(51,52)43-30-16-25-38-24-13-14-28-40(38)43)41(29-15-23-35-17-5-1-6-18-35)44(47)46(33-36-19-7-2-8-20-36)34-37-21-9-3-10-22-37/h1-14,16-22,24-28,30,41-42,44H,15,23,29,31-34H2,(H,49,50)/t41?,42?,44-/m0/s1. The molecule has 1 N–H and O–H groups in total. The van der Waals surface area contributed by atoms with Gasteiger partial charge in [0.1, 0.15) is 0 Å². The largest absolute Gasteiger partial charge is 0.465 e. The number of benzene rings is 6. The zero-order valence-electron chi connectivity index (χ0n) is 29.7. The Morgan fingerprint density at radius 1 is 0.660 bits per heavy atom. The third kappa shape index (κ3) is 8.14. The predicted octanol–water partition coefficient (Wildman–Crippen LogP) is 9.46. The molecule has 53 heavy (non-hydrogen) atoms. The van der Waals surface area contributed by atoms with Crippen LogP contribution in [0.2, 0.25) is 0 Å². The normalized spacial score (nSPS) is 17.5. The summed E-state index contributed by atoms with van der Waals surface area (Å²) in [6, 6.07) is 52.3. The maximum absolute atomic E-state index is 15.3. The van der Waals surface area contributed by atoms with E-state index in [-0.39, 0.29) is 17.4 Å². The van der Waals surface area contributed by atoms with Gasteiger partial charge in [-0.1, -0.05) is 146 Å². The van der Waals surface area contributed by atoms with Gasteiger partial charge in [0.05, 0.1) is 22.8 Å². The summed E-state index contributed by atoms with van der Waals surface area (Å²) in [5.41, 5.74) is 3.88. The van der Waals surface area contributed by atoms with E-state index in [0.717, 1.165) is 29.4 Å². The van der Waals surface area contributed by atoms with Crippen molar-refractivity contribution in [3.05, 3.63) is 180 Å². The van der Waals surface area contributed by atoms with Crippen LogP contribution in [0.3, 0.4) is 0 Å². The topological polar surface area (TPSA) is 81.2 Å². The second-order valence-corrected chi connectivity index (χ2v) is 15.6. The Morgan fingerprint density at radius 3 is 1.79 bits per heavy atom. The number of likely N-dealkylation sites (tertiary alicyclic amines) is 1. The van der Waals surface area contributed by atoms with Crippen molar-refractivity contribution in [1.29, 1.82) is 0 Å². The molecule has 8 heteroatoms. The summed E-state index contributed by atoms with van der Waals surface area (Å²) in [6.45, 7) is 1.18. The molecule has 270 valence electrons. The van der Waals surface area contributed by atoms with E-state index in [4.69, 9.17) is 0 Å². The average Bonchev–Trinajstić information content (AvgIpc) is 3.19. The molecule has 1 aliphatic rings. The van der Waals surface area contributed by atoms with Crippen molar-refractivity contribution < 1.29 is 18.3 Å². The lowest BCUT2D eigenvalue weighted by Crippen LogP contribution is -2.64. The molecule has 1 heterocycles. The molecule has 7 rings (SSSR count). The van der Waals surface area contributed by atoms with Crippen LogP contribution in [0, 0.1) is 5.92 Å². The number of rotatable bonds is 13. The Morgan fingerprint density at radius 2 is 1.19 bits per heavy atom. The summed E-state index contributed by atoms with van der Waals surface area (Å²) in [6.07, 6.45) is 0.899. The second kappa shape index (κ2) is 16.5. The average molecular weight is 724 g/mol. The number of aryl methyl sites for hydroxylation is 1. The van der Waals surface area contributed by atoms with Crippen LogP contribution in [-0.4, -0.2) is 48.2 Å². The molecule has 0 aliphatic carbocycles. The molecular weight excluding hydrogens is 679 g/mol. The van der Waals surface area contributed by atoms with Gasteiger partial charge in [-0.25, -0.2) is 13.2 Å². The number of hydrogen-bond acceptors (Lipinski definition) is 4. The Hall–Kier alpha value is -5.44. The zero-order chi connectivity index (χ0) is 36.6. The Kier molecular flexibility index (Phi) is 11.2. The predicted molar refractivity (Wildman–Crippen MR) is 212 cm³/mol. The van der Waals surface area contributed by atoms with Crippen LogP contribution >= 0.6 is 0 Å². The highest BCUT2D eigenvalue weighted by Crippen LogP contribution is 2.41. The van der Waals surface area contributed by atoms with E-state index in [1.165, 1.54) is 5.56 Å². The minimum absolute atomic E-state index is 0.189. The van der Waals surface area contributed by atoms with Crippen molar-refractivity contribution in [2.75, 3.05) is 10.8 Å². The second-order valence-electron chi connectivity index (χ2n) is 13.8. The van der Waals surface area contributed by atoms with E-state index in [9.17, 15) is 9.90 Å². The van der Waals surface area contributed by atoms with Crippen LogP contribution in [-0.2, 0) is 29.5 Å². The van der Waals surface area contributed by atoms with Crippen molar-refractivity contribution in [2.24, 2.45) is 5.92 Å². The van der Waals surface area contributed by atoms with Crippen LogP contribution in [0.15, 0.2) is 169 Å². The number of sulfonamides is 1. The Labute approximate surface area is 312 Å². The molecule has 0 saturated carbocycles. The van der Waals surface area contributed by atoms with Gasteiger partial charge in [0.15, 0.2) is 0 Å². The number of hydrogen-bond donors (Lipinski definition) is 1. The highest BCUT2D eigenvalue weighted by atomic mass is 32.2. The molecular formula is C45H45N3O4S. The first kappa shape index (κ1) is 35.9. The number of piperidine rings is 1. The summed E-state index contributed by atoms with van der Waals surface area (Å²) in [7, 11) is -4.15. The molecule has 1 fully saturated rings. The number of fused-ring (bicyclic) bond motifs is 1. The van der Waals surface area contributed by atoms with Gasteiger partial charge in [-0.2, -0.15) is 0 Å². The summed E-state index contributed by atoms with van der Waals surface area (Å²) < 4.78 is 32.3. The van der Waals surface area contributed by atoms with E-state index < -0.39 is 28.3 Å². The number of nitrogens with zero attached hydrogens (tertiary/aromatic N) is 3. The van der Waals surface area contributed by atoms with Gasteiger partial charge in [-0.05, 0) is 66.0 Å². The van der Waals surface area contributed by atoms with Gasteiger partial charge in [-0.3, -0.25) is 14.1 Å². The third-order valence-corrected chi connectivity index (χ3v) is 12.3. The minimum Gasteiger partial charge on any atom is -0.465 e. The van der Waals surface area contributed by atoms with E-state index in [1.807, 2.05) is 115 Å². The zero-order valence-corrected chi connectivity index (χ0v) is 30.5. The lowest BCUT2D eigenvalue weighted by molar-refractivity contribution is -0.0355. The number of para-hydroxylation sites is 1. The van der Waals surface area contributed by atoms with Crippen LogP contribution in [0.5, 0.6) is 0 Å². The lowest BCUT2D eigenvalue weighted by Gasteiger charge is -2.52. The molecule has 0 spiro atoms. The first-order valence-electron chi connectivity index (χ1n) is 18.3. The van der Waals surface area contributed by atoms with Crippen LogP contribution in [0.25, 0.3) is 10.8 Å². The molecule has 0 radical (unpaired) electrons. The molecule has 1 saturated heterocycles. The summed E-state index contributed by atoms with van der Waals surface area (Å²) in [5, 5.41) is 12.4. The van der Waals surface area contributed by atoms with Gasteiger partial charge >= 0.3 is 6.09 Å². The molecule has 3 atom stereocenters. The summed E-state index contributed by atoms with van der Waals surface area (Å²) in [5.74, 6) is -0.374. The number of carboxylic acid groups (broad SMARTS) is 1. The summed E-state index contributed by atoms with van der Waals surface area (Å²) >= 11 is 0. The van der Waals surface area contributed by atoms with Gasteiger partial charge in [0.2, 0.25) is 0 Å². The SMILES string of the molecule is O=C(O)N1CCC(N(c2ccccc2)S(=O)(=O)c2cccc3ccccc23)C(CCCc2ccccc2)[C@H]1N(Cc1ccccc1)Cc1ccccc1. The van der Waals surface area contributed by atoms with E-state index in [2.05, 4.69) is 41.3 Å². The minimum atomic E-state index is -4.15. The molecule has 1 amide bonds. The monoisotopic (exact) mass is 723 g/mol. The molecule has 7 nitrogen and oxygen atoms in total. The van der Waals surface area contributed by atoms with Crippen molar-refractivity contribution in [3.63, 3.8) is 0 Å². The number of amides is 1. The van der Waals surface area contributed by atoms with Gasteiger partial charge < -0.3 is 5.11 Å². The van der Waals surface area contributed by atoms with Crippen molar-refractivity contribution in [2.45, 2.75) is 55.9 Å². The van der Waals surface area contributed by atoms with Crippen molar-refractivity contribution in [3.8, 4) is 0 Å². The van der Waals surface area contributed by atoms with E-state index in [0.29, 0.717) is 37.0 Å². The molecule has 0 aromatic heterocycles. The third-order valence-electron chi connectivity index (χ3n) is 10.4. The molecule has 0 bridgehead atoms. The maximum Gasteiger partial charge on any atom is 0.408 e. The number of carbonyl (C=O) groups is 1. The van der Waals surface area contributed by atoms with Crippen LogP contribution in [0.4, 0.5) is 10.5 Å². The smallest absolute Gasteiger partial charge is 0.408 e. The first-order valence-corrected chi connectivity index (χ1v) is 19.8. The van der Waals surface area contributed by atoms with Gasteiger partial charge in [0.25, 0.3) is 10.0 Å². The van der Waals surface area contributed by atoms with Crippen molar-refractivity contribution >= 4 is 32.6 Å². The van der Waals surface area contributed by atoms with E-state index >= 15 is 8.42 Å². The highest BCUT2D eigenvalue weighted by Gasteiger charge is 2.48. The Balaban J connectivity index is 1.38. The molecule has 6 aromatic carbocycles. The number of anilines is 1. The molecule has 1 aliphatic heterocycles. The van der Waals surface area contributed by atoms with E-state index in [1.54, 1.807) is 21.3 Å². The lowest BCUT2D eigenvalue weighted by atomic mass is 9.83. The fourth-order valence-corrected chi connectivity index (χ4v) is 9.98. The molecule has 2 unspecified atom stereocenters. The van der Waals surface area contributed by atoms with Crippen LogP contribution < -0.4 is 4.31 Å². The van der Waals surface area contributed by atoms with Gasteiger partial charge in [0, 0.05) is 30.9 Å². The highest BCUT2D eigenvalue weighted by molar-refractivity contribution is 7.93. The quantitative estimate of drug-likeness (QED) is 0.128. The first-order chi connectivity index (χ1) is 25.9. The van der Waals surface area contributed by atoms with Crippen molar-refractivity contribution in [1.82, 2.24) is 9.80 Å². The summed E-state index contributed by atoms with van der Waals surface area (Å²) in [4.78, 5) is 17.3. The maximum atomic E-state index is 15.3. The van der Waals surface area contributed by atoms with Gasteiger partial charge in [-0.15, -0.1) is 0 Å².